The first-order valence-corrected chi connectivity index (χ1v) is 9.57. The SMILES string of the molecule is O=S(=O)([O-])CC(F)(F)C(F)(F)C(F)(F)C(F)(F)C(F)(F)C(F)(F)C(F)(F)C(F)(F)C(F)(F)C(F)(F)C(F)(F)F.[NH4+]. The average molecular weight is 681 g/mol. The van der Waals surface area contributed by atoms with Gasteiger partial charge in [-0.1, -0.05) is 0 Å². The summed E-state index contributed by atoms with van der Waals surface area (Å²) in [5.74, 6) is -94.3. The third-order valence-electron chi connectivity index (χ3n) is 4.33. The number of rotatable bonds is 11. The lowest BCUT2D eigenvalue weighted by atomic mass is 9.85. The second-order valence-corrected chi connectivity index (χ2v) is 8.48. The fraction of sp³-hybridized carbons (Fsp3) is 1.00. The summed E-state index contributed by atoms with van der Waals surface area (Å²) in [7, 11) is -6.98. The van der Waals surface area contributed by atoms with Gasteiger partial charge in [-0.3, -0.25) is 0 Å². The average Bonchev–Trinajstić information content (AvgIpc) is 2.63. The van der Waals surface area contributed by atoms with Crippen molar-refractivity contribution in [3.05, 3.63) is 0 Å². The van der Waals surface area contributed by atoms with Gasteiger partial charge in [0.25, 0.3) is 0 Å². The first-order chi connectivity index (χ1) is 16.2. The molecule has 0 amide bonds. The Morgan fingerprint density at radius 3 is 0.725 bits per heavy atom. The van der Waals surface area contributed by atoms with Gasteiger partial charge in [-0.2, -0.15) is 101 Å². The molecule has 4 nitrogen and oxygen atoms in total. The lowest BCUT2D eigenvalue weighted by Crippen LogP contribution is -2.77. The van der Waals surface area contributed by atoms with Crippen molar-refractivity contribution in [2.75, 3.05) is 5.75 Å². The first-order valence-electron chi connectivity index (χ1n) is 7.99. The zero-order valence-electron chi connectivity index (χ0n) is 17.5. The van der Waals surface area contributed by atoms with E-state index in [1.165, 1.54) is 0 Å². The van der Waals surface area contributed by atoms with Crippen LogP contribution >= 0.6 is 0 Å². The fourth-order valence-electron chi connectivity index (χ4n) is 2.10. The summed E-state index contributed by atoms with van der Waals surface area (Å²) in [5.41, 5.74) is 0. The largest absolute Gasteiger partial charge is 0.748 e. The lowest BCUT2D eigenvalue weighted by molar-refractivity contribution is -0.478. The van der Waals surface area contributed by atoms with Gasteiger partial charge in [-0.05, 0) is 0 Å². The third-order valence-corrected chi connectivity index (χ3v) is 5.04. The molecule has 0 heterocycles. The van der Waals surface area contributed by atoms with Gasteiger partial charge in [0, 0.05) is 0 Å². The van der Waals surface area contributed by atoms with Crippen LogP contribution < -0.4 is 6.15 Å². The molecule has 4 N–H and O–H groups in total. The van der Waals surface area contributed by atoms with E-state index in [0.717, 1.165) is 0 Å². The van der Waals surface area contributed by atoms with Gasteiger partial charge in [-0.15, -0.1) is 0 Å². The number of halogens is 23. The van der Waals surface area contributed by atoms with E-state index in [9.17, 15) is 114 Å². The quantitative estimate of drug-likeness (QED) is 0.192. The zero-order chi connectivity index (χ0) is 32.7. The fourth-order valence-corrected chi connectivity index (χ4v) is 2.73. The molecule has 0 bridgehead atoms. The summed E-state index contributed by atoms with van der Waals surface area (Å²) in [5, 5.41) is 0. The molecule has 0 rings (SSSR count). The maximum Gasteiger partial charge on any atom is 0.460 e. The van der Waals surface area contributed by atoms with E-state index in [1.54, 1.807) is 0 Å². The van der Waals surface area contributed by atoms with Crippen LogP contribution in [0, 0.1) is 0 Å². The molecular weight excluding hydrogens is 675 g/mol. The highest BCUT2D eigenvalue weighted by Gasteiger charge is 2.98. The van der Waals surface area contributed by atoms with Gasteiger partial charge < -0.3 is 10.7 Å². The molecule has 0 aromatic rings. The van der Waals surface area contributed by atoms with Crippen LogP contribution in [0.2, 0.25) is 0 Å². The van der Waals surface area contributed by atoms with E-state index in [2.05, 4.69) is 0 Å². The summed E-state index contributed by atoms with van der Waals surface area (Å²) >= 11 is 0. The molecule has 0 aromatic carbocycles. The van der Waals surface area contributed by atoms with Crippen LogP contribution in [0.3, 0.4) is 0 Å². The molecule has 40 heavy (non-hydrogen) atoms. The standard InChI is InChI=1S/C12H3F23O3S.H3N/c13-2(14,1-39(36,37)38)3(15,16)4(17,18)5(19,20)6(21,22)7(23,24)8(25,26)9(27,28)10(29,30)11(31,32)12(33,34)35;/h1H2,(H,36,37,38);1H3. The van der Waals surface area contributed by atoms with Crippen molar-refractivity contribution in [1.82, 2.24) is 6.15 Å². The van der Waals surface area contributed by atoms with E-state index < -0.39 is 81.3 Å². The predicted octanol–water partition coefficient (Wildman–Crippen LogP) is 6.82. The highest BCUT2D eigenvalue weighted by Crippen LogP contribution is 2.67. The molecule has 0 unspecified atom stereocenters. The van der Waals surface area contributed by atoms with E-state index in [1.807, 2.05) is 0 Å². The van der Waals surface area contributed by atoms with Crippen molar-refractivity contribution in [1.29, 1.82) is 0 Å². The van der Waals surface area contributed by atoms with Crippen molar-refractivity contribution in [2.45, 2.75) is 65.4 Å². The van der Waals surface area contributed by atoms with Crippen LogP contribution in [0.25, 0.3) is 0 Å². The summed E-state index contributed by atoms with van der Waals surface area (Å²) in [4.78, 5) is 0. The van der Waals surface area contributed by atoms with Gasteiger partial charge >= 0.3 is 65.4 Å². The van der Waals surface area contributed by atoms with E-state index in [-0.39, 0.29) is 6.15 Å². The van der Waals surface area contributed by atoms with Crippen LogP contribution in [0.1, 0.15) is 0 Å². The normalized spacial score (nSPS) is 16.6. The Hall–Kier alpha value is -1.74. The second kappa shape index (κ2) is 9.65. The predicted molar refractivity (Wildman–Crippen MR) is 76.1 cm³/mol. The maximum absolute atomic E-state index is 13.5. The van der Waals surface area contributed by atoms with E-state index in [0.29, 0.717) is 0 Å². The molecule has 0 saturated carbocycles. The van der Waals surface area contributed by atoms with Crippen molar-refractivity contribution in [3.8, 4) is 0 Å². The van der Waals surface area contributed by atoms with Crippen LogP contribution in [0.4, 0.5) is 101 Å². The topological polar surface area (TPSA) is 93.7 Å². The molecule has 244 valence electrons. The van der Waals surface area contributed by atoms with Crippen LogP contribution in [-0.4, -0.2) is 84.1 Å². The Bertz CT molecular complexity index is 1030. The van der Waals surface area contributed by atoms with Gasteiger partial charge in [0.1, 0.15) is 15.9 Å². The molecule has 0 fully saturated rings. The molecule has 0 saturated heterocycles. The first kappa shape index (κ1) is 40.4. The molecule has 0 aromatic heterocycles. The summed E-state index contributed by atoms with van der Waals surface area (Å²) in [6, 6.07) is 0. The van der Waals surface area contributed by atoms with Crippen molar-refractivity contribution < 1.29 is 114 Å². The maximum atomic E-state index is 13.5. The third kappa shape index (κ3) is 5.07. The van der Waals surface area contributed by atoms with Crippen molar-refractivity contribution >= 4 is 10.1 Å². The molecule has 28 heteroatoms. The van der Waals surface area contributed by atoms with E-state index in [4.69, 9.17) is 0 Å². The molecular formula is C12H6F23NO3S. The minimum atomic E-state index is -9.54. The molecule has 0 spiro atoms. The Morgan fingerprint density at radius 1 is 0.375 bits per heavy atom. The van der Waals surface area contributed by atoms with Gasteiger partial charge in [0.2, 0.25) is 0 Å². The van der Waals surface area contributed by atoms with Gasteiger partial charge in [0.05, 0.1) is 0 Å². The van der Waals surface area contributed by atoms with Crippen LogP contribution in [-0.2, 0) is 10.1 Å². The lowest BCUT2D eigenvalue weighted by Gasteiger charge is -2.45. The monoisotopic (exact) mass is 681 g/mol. The zero-order valence-corrected chi connectivity index (χ0v) is 18.3. The summed E-state index contributed by atoms with van der Waals surface area (Å²) in [6.07, 6.45) is -8.15. The van der Waals surface area contributed by atoms with E-state index >= 15 is 0 Å². The molecule has 0 aliphatic rings. The Labute approximate surface area is 202 Å². The minimum absolute atomic E-state index is 0. The van der Waals surface area contributed by atoms with Gasteiger partial charge in [0.15, 0.2) is 0 Å². The minimum Gasteiger partial charge on any atom is -0.748 e. The smallest absolute Gasteiger partial charge is 0.460 e. The number of quaternary nitrogens is 1. The Balaban J connectivity index is 0. The van der Waals surface area contributed by atoms with Crippen LogP contribution in [0.5, 0.6) is 0 Å². The Morgan fingerprint density at radius 2 is 0.550 bits per heavy atom. The molecule has 0 atom stereocenters. The van der Waals surface area contributed by atoms with Crippen molar-refractivity contribution in [2.24, 2.45) is 0 Å². The second-order valence-electron chi connectivity index (χ2n) is 7.07. The highest BCUT2D eigenvalue weighted by molar-refractivity contribution is 7.85. The van der Waals surface area contributed by atoms with Crippen molar-refractivity contribution in [3.63, 3.8) is 0 Å². The van der Waals surface area contributed by atoms with Crippen LogP contribution in [0.15, 0.2) is 0 Å². The molecule has 0 aliphatic carbocycles. The van der Waals surface area contributed by atoms with Gasteiger partial charge in [-0.25, -0.2) is 8.42 Å². The number of hydrogen-bond acceptors (Lipinski definition) is 3. The summed E-state index contributed by atoms with van der Waals surface area (Å²) < 4.78 is 331. The molecule has 0 radical (unpaired) electrons. The number of hydrogen-bond donors (Lipinski definition) is 1. The summed E-state index contributed by atoms with van der Waals surface area (Å²) in [6.45, 7) is 0. The number of alkyl halides is 23. The highest BCUT2D eigenvalue weighted by atomic mass is 32.2. The Kier molecular flexibility index (Phi) is 9.74. The molecule has 0 aliphatic heterocycles.